The second kappa shape index (κ2) is 7.70. The van der Waals surface area contributed by atoms with Crippen molar-refractivity contribution in [2.75, 3.05) is 5.32 Å². The number of carbonyl (C=O) groups is 1. The van der Waals surface area contributed by atoms with E-state index >= 15 is 0 Å². The summed E-state index contributed by atoms with van der Waals surface area (Å²) >= 11 is 0. The van der Waals surface area contributed by atoms with E-state index in [1.807, 2.05) is 24.3 Å². The van der Waals surface area contributed by atoms with Crippen molar-refractivity contribution in [3.63, 3.8) is 0 Å². The number of fused-ring (bicyclic) bond motifs is 1. The van der Waals surface area contributed by atoms with Crippen LogP contribution in [0.2, 0.25) is 0 Å². The van der Waals surface area contributed by atoms with Gasteiger partial charge in [-0.3, -0.25) is 14.4 Å². The number of nitrogens with zero attached hydrogens (tertiary/aromatic N) is 2. The molecule has 0 saturated carbocycles. The van der Waals surface area contributed by atoms with Gasteiger partial charge >= 0.3 is 5.69 Å². The molecule has 0 unspecified atom stereocenters. The number of H-pyrrole nitrogens is 1. The second-order valence-corrected chi connectivity index (χ2v) is 8.31. The Morgan fingerprint density at radius 3 is 2.61 bits per heavy atom. The van der Waals surface area contributed by atoms with Gasteiger partial charge in [0.15, 0.2) is 0 Å². The van der Waals surface area contributed by atoms with Gasteiger partial charge in [-0.1, -0.05) is 18.2 Å². The molecule has 1 aliphatic heterocycles. The highest BCUT2D eigenvalue weighted by Gasteiger charge is 2.17. The zero-order chi connectivity index (χ0) is 22.2. The average Bonchev–Trinajstić information content (AvgIpc) is 3.24. The van der Waals surface area contributed by atoms with Crippen LogP contribution in [0.4, 0.5) is 11.4 Å². The number of carbonyl (C=O) groups excluding carboxylic acids is 1. The van der Waals surface area contributed by atoms with Crippen molar-refractivity contribution in [1.29, 1.82) is 0 Å². The molecule has 11 heteroatoms. The van der Waals surface area contributed by atoms with E-state index < -0.39 is 34.0 Å². The van der Waals surface area contributed by atoms with Gasteiger partial charge in [-0.05, 0) is 36.4 Å². The van der Waals surface area contributed by atoms with Crippen LogP contribution in [0.1, 0.15) is 11.3 Å². The number of aliphatic imine (C=N–C) groups is 1. The number of aromatic hydroxyl groups is 1. The van der Waals surface area contributed by atoms with E-state index in [2.05, 4.69) is 15.3 Å². The molecule has 0 radical (unpaired) electrons. The SMILES string of the molecule is NS(=O)(=O)c1ccc(NC(=O)Cn2c(O)c(/C=C3/C=Nc4ccccc43)[nH]c2=O)cc1. The lowest BCUT2D eigenvalue weighted by Gasteiger charge is -2.07. The second-order valence-electron chi connectivity index (χ2n) is 6.75. The topological polar surface area (TPSA) is 160 Å². The molecule has 0 saturated heterocycles. The highest BCUT2D eigenvalue weighted by atomic mass is 32.2. The summed E-state index contributed by atoms with van der Waals surface area (Å²) in [6.45, 7) is -0.452. The molecule has 0 fully saturated rings. The third kappa shape index (κ3) is 4.17. The molecule has 31 heavy (non-hydrogen) atoms. The summed E-state index contributed by atoms with van der Waals surface area (Å²) < 4.78 is 23.5. The minimum Gasteiger partial charge on any atom is -0.493 e. The Bertz CT molecular complexity index is 1400. The molecule has 0 bridgehead atoms. The largest absolute Gasteiger partial charge is 0.493 e. The van der Waals surface area contributed by atoms with Crippen LogP contribution in [-0.4, -0.2) is 35.2 Å². The van der Waals surface area contributed by atoms with Crippen molar-refractivity contribution in [1.82, 2.24) is 9.55 Å². The molecule has 0 aliphatic carbocycles. The standard InChI is InChI=1S/C20H17N5O5S/c21-31(29,30)14-7-5-13(6-8-14)23-18(26)11-25-19(27)17(24-20(25)28)9-12-10-22-16-4-2-1-3-15(12)16/h1-10,27H,11H2,(H,23,26)(H,24,28)(H2,21,29,30)/b12-9-. The van der Waals surface area contributed by atoms with E-state index in [9.17, 15) is 23.1 Å². The molecular weight excluding hydrogens is 422 g/mol. The number of aromatic nitrogens is 2. The van der Waals surface area contributed by atoms with Crippen molar-refractivity contribution in [2.24, 2.45) is 10.1 Å². The Morgan fingerprint density at radius 1 is 1.19 bits per heavy atom. The van der Waals surface area contributed by atoms with Gasteiger partial charge in [0, 0.05) is 23.0 Å². The summed E-state index contributed by atoms with van der Waals surface area (Å²) in [5.41, 5.74) is 2.14. The van der Waals surface area contributed by atoms with Gasteiger partial charge in [-0.2, -0.15) is 0 Å². The number of hydrogen-bond donors (Lipinski definition) is 4. The lowest BCUT2D eigenvalue weighted by Crippen LogP contribution is -2.25. The first kappa shape index (κ1) is 20.3. The number of aromatic amines is 1. The molecule has 1 aromatic heterocycles. The summed E-state index contributed by atoms with van der Waals surface area (Å²) in [6, 6.07) is 12.7. The number of nitrogens with one attached hydrogen (secondary N) is 2. The molecule has 3 aromatic rings. The monoisotopic (exact) mass is 439 g/mol. The van der Waals surface area contributed by atoms with Crippen molar-refractivity contribution in [3.05, 3.63) is 70.3 Å². The number of anilines is 1. The predicted molar refractivity (Wildman–Crippen MR) is 116 cm³/mol. The third-order valence-corrected chi connectivity index (χ3v) is 5.54. The fourth-order valence-electron chi connectivity index (χ4n) is 3.11. The summed E-state index contributed by atoms with van der Waals surface area (Å²) in [6.07, 6.45) is 3.20. The maximum absolute atomic E-state index is 12.3. The summed E-state index contributed by atoms with van der Waals surface area (Å²) in [5, 5.41) is 18.0. The molecule has 0 spiro atoms. The van der Waals surface area contributed by atoms with Crippen LogP contribution in [0, 0.1) is 0 Å². The van der Waals surface area contributed by atoms with Crippen LogP contribution in [0.15, 0.2) is 63.2 Å². The van der Waals surface area contributed by atoms with Gasteiger partial charge in [-0.25, -0.2) is 18.4 Å². The lowest BCUT2D eigenvalue weighted by molar-refractivity contribution is -0.116. The van der Waals surface area contributed by atoms with Crippen LogP contribution in [0.25, 0.3) is 11.6 Å². The maximum Gasteiger partial charge on any atom is 0.329 e. The molecular formula is C20H17N5O5S. The van der Waals surface area contributed by atoms with Crippen LogP contribution in [0.5, 0.6) is 5.88 Å². The van der Waals surface area contributed by atoms with E-state index in [-0.39, 0.29) is 10.6 Å². The van der Waals surface area contributed by atoms with Gasteiger partial charge in [-0.15, -0.1) is 0 Å². The summed E-state index contributed by atoms with van der Waals surface area (Å²) in [7, 11) is -3.84. The Morgan fingerprint density at radius 2 is 1.90 bits per heavy atom. The molecule has 2 aromatic carbocycles. The molecule has 4 rings (SSSR count). The molecule has 158 valence electrons. The molecule has 1 amide bonds. The van der Waals surface area contributed by atoms with Crippen LogP contribution >= 0.6 is 0 Å². The first-order valence-electron chi connectivity index (χ1n) is 9.02. The van der Waals surface area contributed by atoms with E-state index in [1.54, 1.807) is 12.3 Å². The van der Waals surface area contributed by atoms with Gasteiger partial charge < -0.3 is 15.4 Å². The van der Waals surface area contributed by atoms with E-state index in [4.69, 9.17) is 5.14 Å². The van der Waals surface area contributed by atoms with Crippen molar-refractivity contribution >= 4 is 45.2 Å². The first-order chi connectivity index (χ1) is 14.7. The number of nitrogens with two attached hydrogens (primary N) is 1. The lowest BCUT2D eigenvalue weighted by atomic mass is 10.1. The number of amides is 1. The van der Waals surface area contributed by atoms with Crippen molar-refractivity contribution < 1.29 is 18.3 Å². The molecule has 1 aliphatic rings. The van der Waals surface area contributed by atoms with Gasteiger partial charge in [0.1, 0.15) is 12.2 Å². The van der Waals surface area contributed by atoms with Crippen LogP contribution in [-0.2, 0) is 21.4 Å². The Balaban J connectivity index is 1.52. The Labute approximate surface area is 176 Å². The fourth-order valence-corrected chi connectivity index (χ4v) is 3.62. The average molecular weight is 439 g/mol. The number of para-hydroxylation sites is 1. The minimum atomic E-state index is -3.84. The first-order valence-corrected chi connectivity index (χ1v) is 10.6. The highest BCUT2D eigenvalue weighted by Crippen LogP contribution is 2.32. The van der Waals surface area contributed by atoms with Crippen molar-refractivity contribution in [3.8, 4) is 5.88 Å². The predicted octanol–water partition coefficient (Wildman–Crippen LogP) is 1.42. The van der Waals surface area contributed by atoms with E-state index in [0.29, 0.717) is 11.3 Å². The molecule has 0 atom stereocenters. The smallest absolute Gasteiger partial charge is 0.329 e. The Kier molecular flexibility index (Phi) is 5.05. The number of benzene rings is 2. The van der Waals surface area contributed by atoms with Crippen molar-refractivity contribution in [2.45, 2.75) is 11.4 Å². The van der Waals surface area contributed by atoms with Gasteiger partial charge in [0.2, 0.25) is 21.8 Å². The summed E-state index contributed by atoms with van der Waals surface area (Å²) in [5.74, 6) is -0.985. The molecule has 10 nitrogen and oxygen atoms in total. The number of primary sulfonamides is 1. The fraction of sp³-hybridized carbons (Fsp3) is 0.0500. The summed E-state index contributed by atoms with van der Waals surface area (Å²) in [4.78, 5) is 31.3. The van der Waals surface area contributed by atoms with E-state index in [0.717, 1.165) is 15.8 Å². The maximum atomic E-state index is 12.3. The number of allylic oxidation sites excluding steroid dienone is 1. The van der Waals surface area contributed by atoms with E-state index in [1.165, 1.54) is 24.3 Å². The molecule has 5 N–H and O–H groups in total. The number of hydrogen-bond acceptors (Lipinski definition) is 6. The van der Waals surface area contributed by atoms with Gasteiger partial charge in [0.05, 0.1) is 10.6 Å². The van der Waals surface area contributed by atoms with Crippen LogP contribution < -0.4 is 16.1 Å². The zero-order valence-corrected chi connectivity index (χ0v) is 16.8. The zero-order valence-electron chi connectivity index (χ0n) is 15.9. The minimum absolute atomic E-state index is 0.0975. The van der Waals surface area contributed by atoms with Crippen LogP contribution in [0.3, 0.4) is 0 Å². The number of rotatable bonds is 5. The molecule has 2 heterocycles. The number of imidazole rings is 1. The number of sulfonamides is 1. The normalized spacial score (nSPS) is 14.0. The van der Waals surface area contributed by atoms with Gasteiger partial charge in [0.25, 0.3) is 0 Å². The third-order valence-electron chi connectivity index (χ3n) is 4.61. The Hall–Kier alpha value is -3.96. The quantitative estimate of drug-likeness (QED) is 0.472. The highest BCUT2D eigenvalue weighted by molar-refractivity contribution is 7.89.